The molecule has 0 bridgehead atoms. The summed E-state index contributed by atoms with van der Waals surface area (Å²) in [6.45, 7) is 13.9. The predicted octanol–water partition coefficient (Wildman–Crippen LogP) is 2.70. The summed E-state index contributed by atoms with van der Waals surface area (Å²) in [5, 5.41) is 14.0. The van der Waals surface area contributed by atoms with Crippen molar-refractivity contribution in [3.8, 4) is 0 Å². The van der Waals surface area contributed by atoms with Crippen molar-refractivity contribution >= 4 is 10.9 Å². The lowest BCUT2D eigenvalue weighted by Gasteiger charge is -2.39. The van der Waals surface area contributed by atoms with Crippen LogP contribution in [0.2, 0.25) is 0 Å². The fourth-order valence-electron chi connectivity index (χ4n) is 3.97. The van der Waals surface area contributed by atoms with Gasteiger partial charge >= 0.3 is 0 Å². The van der Waals surface area contributed by atoms with Gasteiger partial charge in [-0.1, -0.05) is 19.1 Å². The highest BCUT2D eigenvalue weighted by molar-refractivity contribution is 5.79. The normalized spacial score (nSPS) is 17.9. The molecule has 1 saturated heterocycles. The van der Waals surface area contributed by atoms with Crippen molar-refractivity contribution in [2.75, 3.05) is 32.7 Å². The minimum absolute atomic E-state index is 0.0258. The zero-order valence-electron chi connectivity index (χ0n) is 17.2. The first kappa shape index (κ1) is 19.0. The molecule has 1 aliphatic rings. The molecule has 0 aliphatic carbocycles. The topological polar surface area (TPSA) is 63.0 Å². The maximum absolute atomic E-state index is 4.48. The van der Waals surface area contributed by atoms with Gasteiger partial charge < -0.3 is 4.90 Å². The van der Waals surface area contributed by atoms with E-state index in [9.17, 15) is 0 Å². The highest BCUT2D eigenvalue weighted by Crippen LogP contribution is 2.31. The van der Waals surface area contributed by atoms with E-state index >= 15 is 0 Å². The van der Waals surface area contributed by atoms with Gasteiger partial charge in [0.2, 0.25) is 0 Å². The number of fused-ring (bicyclic) bond motifs is 1. The van der Waals surface area contributed by atoms with Gasteiger partial charge in [-0.15, -0.1) is 5.10 Å². The quantitative estimate of drug-likeness (QED) is 0.695. The summed E-state index contributed by atoms with van der Waals surface area (Å²) in [6, 6.07) is 10.6. The molecule has 1 fully saturated rings. The van der Waals surface area contributed by atoms with Crippen LogP contribution in [0.1, 0.15) is 45.1 Å². The molecular formula is C21H29N7. The third-order valence-corrected chi connectivity index (χ3v) is 5.54. The first-order valence-electron chi connectivity index (χ1n) is 10.1. The van der Waals surface area contributed by atoms with Crippen LogP contribution in [0.3, 0.4) is 0 Å². The Labute approximate surface area is 166 Å². The fraction of sp³-hybridized carbons (Fsp3) is 0.524. The van der Waals surface area contributed by atoms with Crippen molar-refractivity contribution in [3.63, 3.8) is 0 Å². The van der Waals surface area contributed by atoms with Crippen LogP contribution in [0.5, 0.6) is 0 Å². The third-order valence-electron chi connectivity index (χ3n) is 5.54. The molecule has 0 radical (unpaired) electrons. The maximum Gasteiger partial charge on any atom is 0.173 e. The van der Waals surface area contributed by atoms with E-state index in [1.165, 1.54) is 5.56 Å². The van der Waals surface area contributed by atoms with Gasteiger partial charge in [0.05, 0.1) is 17.1 Å². The van der Waals surface area contributed by atoms with Crippen molar-refractivity contribution in [1.29, 1.82) is 0 Å². The minimum Gasteiger partial charge on any atom is -0.301 e. The van der Waals surface area contributed by atoms with E-state index in [-0.39, 0.29) is 11.6 Å². The van der Waals surface area contributed by atoms with Crippen molar-refractivity contribution in [3.05, 3.63) is 47.9 Å². The van der Waals surface area contributed by atoms with E-state index in [1.807, 2.05) is 16.9 Å². The molecule has 2 aromatic heterocycles. The summed E-state index contributed by atoms with van der Waals surface area (Å²) >= 11 is 0. The Hall–Kier alpha value is -2.38. The molecule has 1 aliphatic heterocycles. The lowest BCUT2D eigenvalue weighted by molar-refractivity contribution is 0.106. The number of rotatable bonds is 4. The van der Waals surface area contributed by atoms with Crippen LogP contribution in [-0.4, -0.2) is 67.7 Å². The molecular weight excluding hydrogens is 350 g/mol. The Morgan fingerprint density at radius 1 is 1.07 bits per heavy atom. The zero-order valence-corrected chi connectivity index (χ0v) is 17.2. The number of hydrogen-bond donors (Lipinski definition) is 0. The van der Waals surface area contributed by atoms with Crippen molar-refractivity contribution < 1.29 is 0 Å². The van der Waals surface area contributed by atoms with Gasteiger partial charge in [-0.05, 0) is 61.5 Å². The van der Waals surface area contributed by atoms with Gasteiger partial charge in [-0.25, -0.2) is 4.68 Å². The lowest BCUT2D eigenvalue weighted by Crippen LogP contribution is -2.48. The Kier molecular flexibility index (Phi) is 5.12. The number of pyridine rings is 1. The molecule has 1 aromatic carbocycles. The average Bonchev–Trinajstić information content (AvgIpc) is 3.18. The average molecular weight is 380 g/mol. The van der Waals surface area contributed by atoms with Crippen molar-refractivity contribution in [1.82, 2.24) is 35.0 Å². The predicted molar refractivity (Wildman–Crippen MR) is 110 cm³/mol. The van der Waals surface area contributed by atoms with E-state index in [2.05, 4.69) is 82.3 Å². The van der Waals surface area contributed by atoms with Crippen LogP contribution in [0.15, 0.2) is 36.5 Å². The summed E-state index contributed by atoms with van der Waals surface area (Å²) in [5.41, 5.74) is 2.04. The molecule has 7 nitrogen and oxygen atoms in total. The first-order chi connectivity index (χ1) is 13.5. The van der Waals surface area contributed by atoms with Gasteiger partial charge in [0.1, 0.15) is 0 Å². The van der Waals surface area contributed by atoms with Crippen LogP contribution in [0, 0.1) is 0 Å². The molecule has 7 heteroatoms. The second kappa shape index (κ2) is 7.56. The van der Waals surface area contributed by atoms with E-state index < -0.39 is 0 Å². The number of nitrogens with zero attached hydrogens (tertiary/aromatic N) is 7. The Morgan fingerprint density at radius 3 is 2.57 bits per heavy atom. The largest absolute Gasteiger partial charge is 0.301 e. The SMILES string of the molecule is CCN1CCN([C@H](c2ccc3ncccc3c2)c2nnnn2C(C)(C)C)CC1. The summed E-state index contributed by atoms with van der Waals surface area (Å²) in [7, 11) is 0. The zero-order chi connectivity index (χ0) is 19.7. The summed E-state index contributed by atoms with van der Waals surface area (Å²) in [5.74, 6) is 0.903. The number of likely N-dealkylation sites (N-methyl/N-ethyl adjacent to an activating group) is 1. The van der Waals surface area contributed by atoms with Gasteiger partial charge in [-0.3, -0.25) is 9.88 Å². The maximum atomic E-state index is 4.48. The van der Waals surface area contributed by atoms with E-state index in [1.54, 1.807) is 0 Å². The van der Waals surface area contributed by atoms with E-state index in [0.717, 1.165) is 49.5 Å². The Morgan fingerprint density at radius 2 is 1.86 bits per heavy atom. The molecule has 28 heavy (non-hydrogen) atoms. The monoisotopic (exact) mass is 379 g/mol. The standard InChI is InChI=1S/C21H29N7/c1-5-26-11-13-27(14-12-26)19(20-23-24-25-28(20)21(2,3)4)17-8-9-18-16(15-17)7-6-10-22-18/h6-10,15,19H,5,11-14H2,1-4H3/t19-/m1/s1. The molecule has 0 N–H and O–H groups in total. The molecule has 0 saturated carbocycles. The summed E-state index contributed by atoms with van der Waals surface area (Å²) in [4.78, 5) is 9.47. The van der Waals surface area contributed by atoms with Gasteiger partial charge in [0, 0.05) is 37.8 Å². The molecule has 0 unspecified atom stereocenters. The molecule has 4 rings (SSSR count). The summed E-state index contributed by atoms with van der Waals surface area (Å²) in [6.07, 6.45) is 1.84. The van der Waals surface area contributed by atoms with Crippen molar-refractivity contribution in [2.45, 2.75) is 39.3 Å². The van der Waals surface area contributed by atoms with Gasteiger partial charge in [0.15, 0.2) is 5.82 Å². The van der Waals surface area contributed by atoms with E-state index in [0.29, 0.717) is 0 Å². The number of tetrazole rings is 1. The number of benzene rings is 1. The third kappa shape index (κ3) is 3.64. The fourth-order valence-corrected chi connectivity index (χ4v) is 3.97. The van der Waals surface area contributed by atoms with Crippen LogP contribution >= 0.6 is 0 Å². The van der Waals surface area contributed by atoms with Crippen molar-refractivity contribution in [2.24, 2.45) is 0 Å². The van der Waals surface area contributed by atoms with Crippen LogP contribution in [0.25, 0.3) is 10.9 Å². The highest BCUT2D eigenvalue weighted by atomic mass is 15.6. The molecule has 148 valence electrons. The van der Waals surface area contributed by atoms with Crippen LogP contribution in [-0.2, 0) is 5.54 Å². The smallest absolute Gasteiger partial charge is 0.173 e. The molecule has 0 spiro atoms. The van der Waals surface area contributed by atoms with Crippen LogP contribution in [0.4, 0.5) is 0 Å². The highest BCUT2D eigenvalue weighted by Gasteiger charge is 2.33. The molecule has 0 amide bonds. The lowest BCUT2D eigenvalue weighted by atomic mass is 9.99. The Balaban J connectivity index is 1.78. The number of piperazine rings is 1. The molecule has 3 heterocycles. The molecule has 1 atom stereocenters. The van der Waals surface area contributed by atoms with Crippen LogP contribution < -0.4 is 0 Å². The van der Waals surface area contributed by atoms with E-state index in [4.69, 9.17) is 0 Å². The minimum atomic E-state index is -0.180. The van der Waals surface area contributed by atoms with Gasteiger partial charge in [-0.2, -0.15) is 0 Å². The number of hydrogen-bond acceptors (Lipinski definition) is 6. The second-order valence-corrected chi connectivity index (χ2v) is 8.45. The van der Waals surface area contributed by atoms with Gasteiger partial charge in [0.25, 0.3) is 0 Å². The first-order valence-corrected chi connectivity index (χ1v) is 10.1. The summed E-state index contributed by atoms with van der Waals surface area (Å²) < 4.78 is 1.97. The Bertz CT molecular complexity index is 935. The number of aromatic nitrogens is 5. The molecule has 3 aromatic rings. The second-order valence-electron chi connectivity index (χ2n) is 8.45.